The highest BCUT2D eigenvalue weighted by Crippen LogP contribution is 2.34. The largest absolute Gasteiger partial charge is 0.290 e. The SMILES string of the molecule is CCCCSc1nc2sc3c(c2c(=O)n1C)CCCC3. The molecule has 2 heterocycles. The molecule has 2 aromatic rings. The maximum absolute atomic E-state index is 12.6. The standard InChI is InChI=1S/C15H20N2OS2/c1-3-4-9-19-15-16-13-12(14(18)17(15)2)10-7-5-6-8-11(10)20-13/h3-9H2,1-2H3. The molecular formula is C15H20N2OS2. The molecule has 2 aromatic heterocycles. The first-order valence-electron chi connectivity index (χ1n) is 7.36. The summed E-state index contributed by atoms with van der Waals surface area (Å²) in [7, 11) is 1.86. The Kier molecular flexibility index (Phi) is 4.17. The fourth-order valence-corrected chi connectivity index (χ4v) is 5.06. The van der Waals surface area contributed by atoms with Crippen LogP contribution in [0.5, 0.6) is 0 Å². The van der Waals surface area contributed by atoms with Gasteiger partial charge in [0.1, 0.15) is 4.83 Å². The third-order valence-corrected chi connectivity index (χ3v) is 6.19. The van der Waals surface area contributed by atoms with Crippen molar-refractivity contribution in [3.63, 3.8) is 0 Å². The van der Waals surface area contributed by atoms with Crippen LogP contribution in [0.1, 0.15) is 43.0 Å². The van der Waals surface area contributed by atoms with Crippen LogP contribution in [0.3, 0.4) is 0 Å². The topological polar surface area (TPSA) is 34.9 Å². The number of unbranched alkanes of at least 4 members (excludes halogenated alkanes) is 1. The normalized spacial score (nSPS) is 14.7. The van der Waals surface area contributed by atoms with E-state index in [9.17, 15) is 4.79 Å². The lowest BCUT2D eigenvalue weighted by Crippen LogP contribution is -2.20. The zero-order chi connectivity index (χ0) is 14.1. The number of thioether (sulfide) groups is 1. The van der Waals surface area contributed by atoms with E-state index in [-0.39, 0.29) is 5.56 Å². The van der Waals surface area contributed by atoms with Gasteiger partial charge in [0, 0.05) is 17.7 Å². The van der Waals surface area contributed by atoms with E-state index in [2.05, 4.69) is 6.92 Å². The molecule has 108 valence electrons. The lowest BCUT2D eigenvalue weighted by molar-refractivity contribution is 0.695. The van der Waals surface area contributed by atoms with Crippen molar-refractivity contribution in [2.75, 3.05) is 5.75 Å². The molecule has 0 aliphatic heterocycles. The second kappa shape index (κ2) is 5.90. The Hall–Kier alpha value is -0.810. The smallest absolute Gasteiger partial charge is 0.262 e. The molecule has 1 aliphatic carbocycles. The third-order valence-electron chi connectivity index (χ3n) is 3.88. The fourth-order valence-electron chi connectivity index (χ4n) is 2.70. The Morgan fingerprint density at radius 1 is 1.35 bits per heavy atom. The first-order valence-corrected chi connectivity index (χ1v) is 9.16. The van der Waals surface area contributed by atoms with Crippen molar-refractivity contribution in [1.29, 1.82) is 0 Å². The van der Waals surface area contributed by atoms with Gasteiger partial charge >= 0.3 is 0 Å². The maximum atomic E-state index is 12.6. The molecule has 0 N–H and O–H groups in total. The van der Waals surface area contributed by atoms with Crippen molar-refractivity contribution in [3.8, 4) is 0 Å². The minimum absolute atomic E-state index is 0.147. The Labute approximate surface area is 127 Å². The molecular weight excluding hydrogens is 288 g/mol. The predicted molar refractivity (Wildman–Crippen MR) is 87.1 cm³/mol. The van der Waals surface area contributed by atoms with Gasteiger partial charge in [-0.25, -0.2) is 4.98 Å². The van der Waals surface area contributed by atoms with Gasteiger partial charge in [-0.05, 0) is 37.7 Å². The van der Waals surface area contributed by atoms with Crippen molar-refractivity contribution in [2.45, 2.75) is 50.6 Å². The number of thiophene rings is 1. The molecule has 20 heavy (non-hydrogen) atoms. The highest BCUT2D eigenvalue weighted by Gasteiger charge is 2.21. The van der Waals surface area contributed by atoms with E-state index < -0.39 is 0 Å². The number of aromatic nitrogens is 2. The number of hydrogen-bond acceptors (Lipinski definition) is 4. The Morgan fingerprint density at radius 2 is 2.15 bits per heavy atom. The molecule has 5 heteroatoms. The van der Waals surface area contributed by atoms with Crippen LogP contribution in [0, 0.1) is 0 Å². The molecule has 0 bridgehead atoms. The zero-order valence-electron chi connectivity index (χ0n) is 12.1. The minimum Gasteiger partial charge on any atom is -0.290 e. The number of rotatable bonds is 4. The summed E-state index contributed by atoms with van der Waals surface area (Å²) in [6, 6.07) is 0. The van der Waals surface area contributed by atoms with E-state index in [4.69, 9.17) is 4.98 Å². The predicted octanol–water partition coefficient (Wildman–Crippen LogP) is 3.77. The van der Waals surface area contributed by atoms with Gasteiger partial charge < -0.3 is 0 Å². The lowest BCUT2D eigenvalue weighted by atomic mass is 9.97. The van der Waals surface area contributed by atoms with Crippen LogP contribution < -0.4 is 5.56 Å². The molecule has 0 atom stereocenters. The summed E-state index contributed by atoms with van der Waals surface area (Å²) in [5.41, 5.74) is 1.43. The van der Waals surface area contributed by atoms with Gasteiger partial charge in [0.15, 0.2) is 5.16 Å². The van der Waals surface area contributed by atoms with Gasteiger partial charge in [-0.3, -0.25) is 9.36 Å². The van der Waals surface area contributed by atoms with Crippen LogP contribution in [0.4, 0.5) is 0 Å². The van der Waals surface area contributed by atoms with Crippen molar-refractivity contribution in [3.05, 3.63) is 20.8 Å². The van der Waals surface area contributed by atoms with Gasteiger partial charge in [-0.2, -0.15) is 0 Å². The first kappa shape index (κ1) is 14.1. The molecule has 0 aromatic carbocycles. The van der Waals surface area contributed by atoms with Crippen LogP contribution >= 0.6 is 23.1 Å². The summed E-state index contributed by atoms with van der Waals surface area (Å²) < 4.78 is 1.74. The summed E-state index contributed by atoms with van der Waals surface area (Å²) in [6.45, 7) is 2.18. The fraction of sp³-hybridized carbons (Fsp3) is 0.600. The molecule has 3 nitrogen and oxygen atoms in total. The molecule has 0 spiro atoms. The van der Waals surface area contributed by atoms with Gasteiger partial charge in [-0.1, -0.05) is 25.1 Å². The quantitative estimate of drug-likeness (QED) is 0.490. The van der Waals surface area contributed by atoms with Gasteiger partial charge in [0.25, 0.3) is 5.56 Å². The van der Waals surface area contributed by atoms with Crippen LogP contribution in [-0.2, 0) is 19.9 Å². The zero-order valence-corrected chi connectivity index (χ0v) is 13.7. The van der Waals surface area contributed by atoms with Crippen molar-refractivity contribution < 1.29 is 0 Å². The van der Waals surface area contributed by atoms with E-state index >= 15 is 0 Å². The first-order chi connectivity index (χ1) is 9.72. The maximum Gasteiger partial charge on any atom is 0.262 e. The Morgan fingerprint density at radius 3 is 2.95 bits per heavy atom. The van der Waals surface area contributed by atoms with Gasteiger partial charge in [0.2, 0.25) is 0 Å². The van der Waals surface area contributed by atoms with Crippen molar-refractivity contribution in [2.24, 2.45) is 7.05 Å². The van der Waals surface area contributed by atoms with E-state index in [1.807, 2.05) is 7.05 Å². The second-order valence-electron chi connectivity index (χ2n) is 5.35. The van der Waals surface area contributed by atoms with E-state index in [0.717, 1.165) is 34.0 Å². The van der Waals surface area contributed by atoms with E-state index in [0.29, 0.717) is 0 Å². The highest BCUT2D eigenvalue weighted by molar-refractivity contribution is 7.99. The number of nitrogens with zero attached hydrogens (tertiary/aromatic N) is 2. The van der Waals surface area contributed by atoms with Crippen LogP contribution in [0.25, 0.3) is 10.2 Å². The molecule has 0 fully saturated rings. The van der Waals surface area contributed by atoms with E-state index in [1.54, 1.807) is 27.7 Å². The molecule has 0 saturated carbocycles. The summed E-state index contributed by atoms with van der Waals surface area (Å²) in [5, 5.41) is 1.77. The molecule has 0 radical (unpaired) electrons. The van der Waals surface area contributed by atoms with Gasteiger partial charge in [-0.15, -0.1) is 11.3 Å². The van der Waals surface area contributed by atoms with Gasteiger partial charge in [0.05, 0.1) is 5.39 Å². The monoisotopic (exact) mass is 308 g/mol. The van der Waals surface area contributed by atoms with E-state index in [1.165, 1.54) is 36.1 Å². The van der Waals surface area contributed by atoms with Crippen LogP contribution in [0.15, 0.2) is 9.95 Å². The van der Waals surface area contributed by atoms with Crippen LogP contribution in [-0.4, -0.2) is 15.3 Å². The minimum atomic E-state index is 0.147. The number of aryl methyl sites for hydroxylation is 2. The Balaban J connectivity index is 2.08. The second-order valence-corrected chi connectivity index (χ2v) is 7.50. The van der Waals surface area contributed by atoms with Crippen molar-refractivity contribution in [1.82, 2.24) is 9.55 Å². The number of hydrogen-bond donors (Lipinski definition) is 0. The summed E-state index contributed by atoms with van der Waals surface area (Å²) in [4.78, 5) is 19.7. The molecule has 3 rings (SSSR count). The molecule has 0 saturated heterocycles. The molecule has 0 amide bonds. The van der Waals surface area contributed by atoms with Crippen LogP contribution in [0.2, 0.25) is 0 Å². The average Bonchev–Trinajstić information content (AvgIpc) is 2.82. The Bertz CT molecular complexity index is 687. The number of fused-ring (bicyclic) bond motifs is 3. The summed E-state index contributed by atoms with van der Waals surface area (Å²) >= 11 is 3.44. The van der Waals surface area contributed by atoms with Crippen molar-refractivity contribution >= 4 is 33.3 Å². The molecule has 0 unspecified atom stereocenters. The third kappa shape index (κ3) is 2.42. The molecule has 1 aliphatic rings. The summed E-state index contributed by atoms with van der Waals surface area (Å²) in [5.74, 6) is 1.04. The summed E-state index contributed by atoms with van der Waals surface area (Å²) in [6.07, 6.45) is 6.97. The average molecular weight is 308 g/mol. The lowest BCUT2D eigenvalue weighted by Gasteiger charge is -2.10. The highest BCUT2D eigenvalue weighted by atomic mass is 32.2.